The van der Waals surface area contributed by atoms with Gasteiger partial charge in [-0.2, -0.15) is 5.10 Å². The fourth-order valence-corrected chi connectivity index (χ4v) is 2.96. The Balaban J connectivity index is 1.60. The number of nitrogens with one attached hydrogen (secondary N) is 2. The zero-order valence-electron chi connectivity index (χ0n) is 17.2. The van der Waals surface area contributed by atoms with Crippen molar-refractivity contribution < 1.29 is 28.2 Å². The zero-order chi connectivity index (χ0) is 23.8. The van der Waals surface area contributed by atoms with E-state index in [1.54, 1.807) is 30.3 Å². The third kappa shape index (κ3) is 6.71. The summed E-state index contributed by atoms with van der Waals surface area (Å²) in [5.41, 5.74) is 3.22. The SMILES string of the molecule is COc1cc(C=NNC(=O)C(=O)Nc2ccc(F)cc2)ccc1OC(=O)c1cccc(Br)c1. The standard InChI is InChI=1S/C23H17BrFN3O5/c1-32-20-11-14(5-10-19(20)33-23(31)15-3-2-4-16(24)12-15)13-26-28-22(30)21(29)27-18-8-6-17(25)7-9-18/h2-13H,1H3,(H,27,29)(H,28,30). The van der Waals surface area contributed by atoms with E-state index in [1.165, 1.54) is 37.6 Å². The topological polar surface area (TPSA) is 106 Å². The number of methoxy groups -OCH3 is 1. The first-order valence-corrected chi connectivity index (χ1v) is 10.2. The number of amides is 2. The Morgan fingerprint density at radius 3 is 2.42 bits per heavy atom. The van der Waals surface area contributed by atoms with Crippen molar-refractivity contribution in [2.24, 2.45) is 5.10 Å². The molecule has 168 valence electrons. The van der Waals surface area contributed by atoms with Crippen molar-refractivity contribution in [1.82, 2.24) is 5.43 Å². The lowest BCUT2D eigenvalue weighted by atomic mass is 10.2. The molecule has 33 heavy (non-hydrogen) atoms. The summed E-state index contributed by atoms with van der Waals surface area (Å²) in [6.45, 7) is 0. The van der Waals surface area contributed by atoms with Crippen LogP contribution in [0.2, 0.25) is 0 Å². The van der Waals surface area contributed by atoms with E-state index < -0.39 is 23.6 Å². The average molecular weight is 514 g/mol. The smallest absolute Gasteiger partial charge is 0.343 e. The molecule has 3 aromatic carbocycles. The van der Waals surface area contributed by atoms with Crippen molar-refractivity contribution in [3.63, 3.8) is 0 Å². The van der Waals surface area contributed by atoms with E-state index in [-0.39, 0.29) is 17.2 Å². The molecule has 0 saturated carbocycles. The Morgan fingerprint density at radius 1 is 0.970 bits per heavy atom. The van der Waals surface area contributed by atoms with Gasteiger partial charge in [0.05, 0.1) is 18.9 Å². The Kier molecular flexibility index (Phi) is 7.87. The second-order valence-electron chi connectivity index (χ2n) is 6.47. The molecule has 0 unspecified atom stereocenters. The summed E-state index contributed by atoms with van der Waals surface area (Å²) in [6.07, 6.45) is 1.28. The molecule has 0 spiro atoms. The van der Waals surface area contributed by atoms with Crippen LogP contribution in [0.25, 0.3) is 0 Å². The summed E-state index contributed by atoms with van der Waals surface area (Å²) in [4.78, 5) is 36.1. The number of carbonyl (C=O) groups is 3. The van der Waals surface area contributed by atoms with Crippen molar-refractivity contribution in [1.29, 1.82) is 0 Å². The number of hydrogen-bond acceptors (Lipinski definition) is 6. The number of ether oxygens (including phenoxy) is 2. The average Bonchev–Trinajstić information content (AvgIpc) is 2.81. The third-order valence-corrected chi connectivity index (χ3v) is 4.63. The van der Waals surface area contributed by atoms with Crippen LogP contribution in [0.5, 0.6) is 11.5 Å². The molecule has 3 rings (SSSR count). The van der Waals surface area contributed by atoms with Crippen LogP contribution in [0.1, 0.15) is 15.9 Å². The van der Waals surface area contributed by atoms with Crippen molar-refractivity contribution in [2.75, 3.05) is 12.4 Å². The number of anilines is 1. The van der Waals surface area contributed by atoms with Gasteiger partial charge in [-0.1, -0.05) is 22.0 Å². The highest BCUT2D eigenvalue weighted by atomic mass is 79.9. The number of benzene rings is 3. The molecule has 0 aromatic heterocycles. The van der Waals surface area contributed by atoms with E-state index in [4.69, 9.17) is 9.47 Å². The number of halogens is 2. The van der Waals surface area contributed by atoms with Crippen LogP contribution in [-0.2, 0) is 9.59 Å². The molecule has 0 bridgehead atoms. The van der Waals surface area contributed by atoms with Gasteiger partial charge in [-0.15, -0.1) is 0 Å². The van der Waals surface area contributed by atoms with Crippen molar-refractivity contribution in [3.05, 3.63) is 88.1 Å². The van der Waals surface area contributed by atoms with Gasteiger partial charge < -0.3 is 14.8 Å². The summed E-state index contributed by atoms with van der Waals surface area (Å²) in [5.74, 6) is -2.54. The minimum Gasteiger partial charge on any atom is -0.493 e. The van der Waals surface area contributed by atoms with E-state index in [0.29, 0.717) is 11.1 Å². The highest BCUT2D eigenvalue weighted by Gasteiger charge is 2.14. The number of carbonyl (C=O) groups excluding carboxylic acids is 3. The zero-order valence-corrected chi connectivity index (χ0v) is 18.8. The molecule has 0 saturated heterocycles. The minimum absolute atomic E-state index is 0.197. The summed E-state index contributed by atoms with van der Waals surface area (Å²) in [6, 6.07) is 16.3. The number of hydrazone groups is 1. The summed E-state index contributed by atoms with van der Waals surface area (Å²) < 4.78 is 24.3. The first kappa shape index (κ1) is 23.6. The minimum atomic E-state index is -1.01. The highest BCUT2D eigenvalue weighted by Crippen LogP contribution is 2.28. The van der Waals surface area contributed by atoms with Crippen molar-refractivity contribution in [2.45, 2.75) is 0 Å². The molecule has 0 aliphatic carbocycles. The number of esters is 1. The first-order valence-electron chi connectivity index (χ1n) is 9.41. The molecule has 0 radical (unpaired) electrons. The largest absolute Gasteiger partial charge is 0.493 e. The van der Waals surface area contributed by atoms with E-state index in [9.17, 15) is 18.8 Å². The Morgan fingerprint density at radius 2 is 1.73 bits per heavy atom. The summed E-state index contributed by atoms with van der Waals surface area (Å²) in [7, 11) is 1.41. The predicted octanol–water partition coefficient (Wildman–Crippen LogP) is 3.90. The first-order chi connectivity index (χ1) is 15.9. The molecule has 10 heteroatoms. The maximum absolute atomic E-state index is 12.9. The Bertz CT molecular complexity index is 1210. The molecular formula is C23H17BrFN3O5. The molecule has 0 atom stereocenters. The lowest BCUT2D eigenvalue weighted by molar-refractivity contribution is -0.136. The van der Waals surface area contributed by atoms with Gasteiger partial charge >= 0.3 is 17.8 Å². The Hall–Kier alpha value is -4.05. The van der Waals surface area contributed by atoms with E-state index in [2.05, 4.69) is 31.8 Å². The fourth-order valence-electron chi connectivity index (χ4n) is 2.56. The number of rotatable bonds is 6. The Labute approximate surface area is 196 Å². The lowest BCUT2D eigenvalue weighted by Gasteiger charge is -2.10. The van der Waals surface area contributed by atoms with Crippen LogP contribution in [0.4, 0.5) is 10.1 Å². The van der Waals surface area contributed by atoms with Crippen LogP contribution >= 0.6 is 15.9 Å². The second kappa shape index (κ2) is 11.0. The van der Waals surface area contributed by atoms with E-state index in [1.807, 2.05) is 0 Å². The summed E-state index contributed by atoms with van der Waals surface area (Å²) >= 11 is 3.30. The van der Waals surface area contributed by atoms with Gasteiger partial charge in [0.1, 0.15) is 5.82 Å². The van der Waals surface area contributed by atoms with Crippen LogP contribution in [0.3, 0.4) is 0 Å². The molecule has 3 aromatic rings. The number of hydrogen-bond donors (Lipinski definition) is 2. The molecule has 0 aliphatic heterocycles. The van der Waals surface area contributed by atoms with Gasteiger partial charge in [-0.25, -0.2) is 14.6 Å². The summed E-state index contributed by atoms with van der Waals surface area (Å²) in [5, 5.41) is 6.04. The van der Waals surface area contributed by atoms with Crippen LogP contribution in [0, 0.1) is 5.82 Å². The maximum atomic E-state index is 12.9. The van der Waals surface area contributed by atoms with Gasteiger partial charge in [-0.3, -0.25) is 9.59 Å². The van der Waals surface area contributed by atoms with Crippen molar-refractivity contribution in [3.8, 4) is 11.5 Å². The highest BCUT2D eigenvalue weighted by molar-refractivity contribution is 9.10. The van der Waals surface area contributed by atoms with Crippen molar-refractivity contribution >= 4 is 45.6 Å². The molecule has 0 heterocycles. The number of nitrogens with zero attached hydrogens (tertiary/aromatic N) is 1. The molecular weight excluding hydrogens is 497 g/mol. The van der Waals surface area contributed by atoms with Gasteiger partial charge in [0.25, 0.3) is 0 Å². The molecule has 0 fully saturated rings. The van der Waals surface area contributed by atoms with Crippen LogP contribution in [0.15, 0.2) is 76.3 Å². The van der Waals surface area contributed by atoms with Gasteiger partial charge in [-0.05, 0) is 66.2 Å². The molecule has 2 amide bonds. The van der Waals surface area contributed by atoms with E-state index >= 15 is 0 Å². The normalized spacial score (nSPS) is 10.5. The van der Waals surface area contributed by atoms with Gasteiger partial charge in [0.15, 0.2) is 11.5 Å². The monoisotopic (exact) mass is 513 g/mol. The molecule has 0 aliphatic rings. The van der Waals surface area contributed by atoms with Crippen LogP contribution < -0.4 is 20.2 Å². The van der Waals surface area contributed by atoms with Gasteiger partial charge in [0, 0.05) is 10.2 Å². The van der Waals surface area contributed by atoms with Crippen LogP contribution in [-0.4, -0.2) is 31.1 Å². The predicted molar refractivity (Wildman–Crippen MR) is 123 cm³/mol. The fraction of sp³-hybridized carbons (Fsp3) is 0.0435. The van der Waals surface area contributed by atoms with E-state index in [0.717, 1.165) is 16.6 Å². The molecule has 2 N–H and O–H groups in total. The quantitative estimate of drug-likeness (QED) is 0.171. The maximum Gasteiger partial charge on any atom is 0.343 e. The third-order valence-electron chi connectivity index (χ3n) is 4.14. The second-order valence-corrected chi connectivity index (χ2v) is 7.39. The molecule has 8 nitrogen and oxygen atoms in total. The lowest BCUT2D eigenvalue weighted by Crippen LogP contribution is -2.32. The van der Waals surface area contributed by atoms with Gasteiger partial charge in [0.2, 0.25) is 0 Å².